The number of carbonyl (C=O) groups is 3. The van der Waals surface area contributed by atoms with Crippen LogP contribution in [0.4, 0.5) is 13.6 Å². The predicted octanol–water partition coefficient (Wildman–Crippen LogP) is 1.29. The summed E-state index contributed by atoms with van der Waals surface area (Å²) in [5.74, 6) is -1.63. The quantitative estimate of drug-likeness (QED) is 0.255. The molecule has 0 spiro atoms. The molecule has 6 N–H and O–H groups in total. The second-order valence-corrected chi connectivity index (χ2v) is 10.3. The van der Waals surface area contributed by atoms with Crippen molar-refractivity contribution >= 4 is 17.8 Å². The number of nitrogens with one attached hydrogen (secondary N) is 6. The van der Waals surface area contributed by atoms with Crippen LogP contribution in [0.1, 0.15) is 61.0 Å². The molecule has 4 atom stereocenters. The summed E-state index contributed by atoms with van der Waals surface area (Å²) in [5.41, 5.74) is 10.5. The molecule has 40 heavy (non-hydrogen) atoms. The topological polar surface area (TPSA) is 140 Å². The summed E-state index contributed by atoms with van der Waals surface area (Å²) in [6, 6.07) is 7.93. The minimum absolute atomic E-state index is 0.0870. The van der Waals surface area contributed by atoms with Crippen molar-refractivity contribution in [2.75, 3.05) is 20.1 Å². The number of halogens is 2. The SMILES string of the molecule is CNC(=O)NCc1cccc([C@H](NC(=O)[C@@H]2C[C@@H](F)CN2C(=O)CC2CNNN2)c2ccc(C(C)C)c(F)n2)c1. The van der Waals surface area contributed by atoms with E-state index < -0.39 is 30.1 Å². The molecule has 4 rings (SSSR count). The third kappa shape index (κ3) is 7.09. The standard InChI is InChI=1S/C27H36F2N8O3/c1-15(2)20-7-8-21(33-25(20)29)24(17-6-4-5-16(9-17)12-31-27(40)30-3)34-26(39)22-10-18(28)14-37(22)23(38)11-19-13-32-36-35-19/h4-9,15,18-19,22,24,32,35-36H,10-14H2,1-3H3,(H,34,39)(H2,30,31,40)/t18-,19?,22+,24+/m1/s1. The minimum atomic E-state index is -1.34. The number of hydrogen-bond donors (Lipinski definition) is 6. The number of aromatic nitrogens is 1. The largest absolute Gasteiger partial charge is 0.342 e. The fourth-order valence-corrected chi connectivity index (χ4v) is 4.91. The van der Waals surface area contributed by atoms with Gasteiger partial charge in [0, 0.05) is 44.6 Å². The zero-order chi connectivity index (χ0) is 28.8. The van der Waals surface area contributed by atoms with Gasteiger partial charge in [0.15, 0.2) is 0 Å². The molecule has 2 aliphatic rings. The van der Waals surface area contributed by atoms with Crippen molar-refractivity contribution in [2.24, 2.45) is 0 Å². The van der Waals surface area contributed by atoms with Crippen molar-refractivity contribution in [2.45, 2.75) is 63.4 Å². The number of likely N-dealkylation sites (tertiary alicyclic amines) is 1. The smallest absolute Gasteiger partial charge is 0.314 e. The number of rotatable bonds is 9. The van der Waals surface area contributed by atoms with Crippen LogP contribution in [0.25, 0.3) is 0 Å². The molecule has 1 unspecified atom stereocenters. The second kappa shape index (κ2) is 13.1. The van der Waals surface area contributed by atoms with Gasteiger partial charge in [-0.05, 0) is 23.1 Å². The van der Waals surface area contributed by atoms with E-state index in [2.05, 4.69) is 37.3 Å². The molecule has 1 aromatic heterocycles. The van der Waals surface area contributed by atoms with E-state index in [0.717, 1.165) is 5.56 Å². The Balaban J connectivity index is 1.60. The molecule has 13 heteroatoms. The van der Waals surface area contributed by atoms with Gasteiger partial charge in [-0.3, -0.25) is 9.59 Å². The fourth-order valence-electron chi connectivity index (χ4n) is 4.91. The predicted molar refractivity (Wildman–Crippen MR) is 144 cm³/mol. The molecule has 0 radical (unpaired) electrons. The molecule has 4 amide bonds. The maximum absolute atomic E-state index is 15.0. The highest BCUT2D eigenvalue weighted by Crippen LogP contribution is 2.27. The van der Waals surface area contributed by atoms with Crippen molar-refractivity contribution in [3.05, 3.63) is 64.7 Å². The maximum atomic E-state index is 15.0. The number of benzene rings is 1. The number of carbonyl (C=O) groups excluding carboxylic acids is 3. The van der Waals surface area contributed by atoms with E-state index in [1.807, 2.05) is 13.8 Å². The van der Waals surface area contributed by atoms with Crippen LogP contribution < -0.4 is 32.3 Å². The third-order valence-corrected chi connectivity index (χ3v) is 7.08. The van der Waals surface area contributed by atoms with Gasteiger partial charge in [-0.15, -0.1) is 0 Å². The Morgan fingerprint density at radius 1 is 1.20 bits per heavy atom. The average molecular weight is 559 g/mol. The molecule has 2 saturated heterocycles. The van der Waals surface area contributed by atoms with E-state index in [-0.39, 0.29) is 55.5 Å². The summed E-state index contributed by atoms with van der Waals surface area (Å²) in [6.07, 6.45) is -1.39. The van der Waals surface area contributed by atoms with Crippen molar-refractivity contribution in [3.8, 4) is 0 Å². The zero-order valence-corrected chi connectivity index (χ0v) is 22.8. The Kier molecular flexibility index (Phi) is 9.61. The second-order valence-electron chi connectivity index (χ2n) is 10.3. The number of urea groups is 1. The molecule has 3 heterocycles. The first kappa shape index (κ1) is 29.3. The number of nitrogens with zero attached hydrogens (tertiary/aromatic N) is 2. The Hall–Kier alpha value is -3.68. The molecule has 216 valence electrons. The van der Waals surface area contributed by atoms with Crippen LogP contribution >= 0.6 is 0 Å². The lowest BCUT2D eigenvalue weighted by Crippen LogP contribution is -2.48. The molecule has 0 aliphatic carbocycles. The normalized spacial score (nSPS) is 21.4. The number of hydrogen-bond acceptors (Lipinski definition) is 7. The van der Waals surface area contributed by atoms with Crippen molar-refractivity contribution in [3.63, 3.8) is 0 Å². The molecule has 0 bridgehead atoms. The van der Waals surface area contributed by atoms with E-state index in [1.165, 1.54) is 11.9 Å². The first-order chi connectivity index (χ1) is 19.2. The van der Waals surface area contributed by atoms with Gasteiger partial charge in [-0.1, -0.05) is 44.2 Å². The molecule has 11 nitrogen and oxygen atoms in total. The number of pyridine rings is 1. The summed E-state index contributed by atoms with van der Waals surface area (Å²) in [6.45, 7) is 4.26. The first-order valence-corrected chi connectivity index (χ1v) is 13.3. The van der Waals surface area contributed by atoms with E-state index in [4.69, 9.17) is 0 Å². The Bertz CT molecular complexity index is 1220. The van der Waals surface area contributed by atoms with Crippen LogP contribution in [0.3, 0.4) is 0 Å². The molecule has 2 aromatic rings. The monoisotopic (exact) mass is 558 g/mol. The molecular weight excluding hydrogens is 522 g/mol. The molecule has 2 aliphatic heterocycles. The lowest BCUT2D eigenvalue weighted by molar-refractivity contribution is -0.139. The summed E-state index contributed by atoms with van der Waals surface area (Å²) in [4.78, 5) is 43.7. The van der Waals surface area contributed by atoms with Crippen molar-refractivity contribution < 1.29 is 23.2 Å². The lowest BCUT2D eigenvalue weighted by atomic mass is 9.98. The van der Waals surface area contributed by atoms with Gasteiger partial charge >= 0.3 is 6.03 Å². The molecule has 2 fully saturated rings. The first-order valence-electron chi connectivity index (χ1n) is 13.3. The van der Waals surface area contributed by atoms with E-state index in [1.54, 1.807) is 36.4 Å². The number of alkyl halides is 1. The summed E-state index contributed by atoms with van der Waals surface area (Å²) in [7, 11) is 1.51. The van der Waals surface area contributed by atoms with Gasteiger partial charge in [-0.2, -0.15) is 9.93 Å². The van der Waals surface area contributed by atoms with Crippen LogP contribution in [0.2, 0.25) is 0 Å². The van der Waals surface area contributed by atoms with Crippen molar-refractivity contribution in [1.82, 2.24) is 42.2 Å². The van der Waals surface area contributed by atoms with E-state index >= 15 is 0 Å². The Morgan fingerprint density at radius 3 is 2.67 bits per heavy atom. The van der Waals surface area contributed by atoms with Crippen molar-refractivity contribution in [1.29, 1.82) is 0 Å². The number of amides is 4. The van der Waals surface area contributed by atoms with Gasteiger partial charge in [-0.25, -0.2) is 25.0 Å². The average Bonchev–Trinajstić information content (AvgIpc) is 3.59. The number of hydrazine groups is 2. The summed E-state index contributed by atoms with van der Waals surface area (Å²) < 4.78 is 29.5. The lowest BCUT2D eigenvalue weighted by Gasteiger charge is -2.27. The minimum Gasteiger partial charge on any atom is -0.342 e. The maximum Gasteiger partial charge on any atom is 0.314 e. The van der Waals surface area contributed by atoms with Crippen LogP contribution in [0.15, 0.2) is 36.4 Å². The highest BCUT2D eigenvalue weighted by molar-refractivity contribution is 5.89. The highest BCUT2D eigenvalue weighted by atomic mass is 19.1. The highest BCUT2D eigenvalue weighted by Gasteiger charge is 2.41. The Morgan fingerprint density at radius 2 is 2.00 bits per heavy atom. The van der Waals surface area contributed by atoms with Gasteiger partial charge in [0.05, 0.1) is 18.3 Å². The zero-order valence-electron chi connectivity index (χ0n) is 22.8. The van der Waals surface area contributed by atoms with Gasteiger partial charge in [0.2, 0.25) is 17.8 Å². The summed E-state index contributed by atoms with van der Waals surface area (Å²) >= 11 is 0. The fraction of sp³-hybridized carbons (Fsp3) is 0.481. The van der Waals surface area contributed by atoms with E-state index in [9.17, 15) is 23.2 Å². The van der Waals surface area contributed by atoms with Crippen LogP contribution in [0.5, 0.6) is 0 Å². The van der Waals surface area contributed by atoms with Crippen LogP contribution in [-0.4, -0.2) is 66.1 Å². The third-order valence-electron chi connectivity index (χ3n) is 7.08. The van der Waals surface area contributed by atoms with Crippen LogP contribution in [-0.2, 0) is 16.1 Å². The Labute approximate surface area is 231 Å². The summed E-state index contributed by atoms with van der Waals surface area (Å²) in [5, 5.41) is 8.09. The van der Waals surface area contributed by atoms with Gasteiger partial charge in [0.1, 0.15) is 12.2 Å². The molecular formula is C27H36F2N8O3. The van der Waals surface area contributed by atoms with E-state index in [0.29, 0.717) is 17.7 Å². The molecule has 0 saturated carbocycles. The molecule has 1 aromatic carbocycles. The van der Waals surface area contributed by atoms with Gasteiger partial charge in [0.25, 0.3) is 0 Å². The van der Waals surface area contributed by atoms with Gasteiger partial charge < -0.3 is 20.9 Å². The van der Waals surface area contributed by atoms with Crippen LogP contribution in [0, 0.1) is 5.95 Å².